The number of rotatable bonds is 7. The van der Waals surface area contributed by atoms with Crippen LogP contribution in [0.4, 0.5) is 4.39 Å². The van der Waals surface area contributed by atoms with Crippen LogP contribution in [0.15, 0.2) is 77.7 Å². The molecule has 0 spiro atoms. The number of sulfonamides is 1. The van der Waals surface area contributed by atoms with Crippen molar-refractivity contribution in [3.8, 4) is 0 Å². The molecule has 0 unspecified atom stereocenters. The van der Waals surface area contributed by atoms with Crippen molar-refractivity contribution >= 4 is 33.4 Å². The average Bonchev–Trinajstić information content (AvgIpc) is 2.78. The number of benzene rings is 3. The summed E-state index contributed by atoms with van der Waals surface area (Å²) >= 11 is 6.05. The molecule has 0 radical (unpaired) electrons. The SMILES string of the molecule is O=C(Cc1ccc(F)cc1)NNC(=O)c1ccc(Cl)c(S(=O)(=O)NCc2ccccc2)c1. The van der Waals surface area contributed by atoms with Gasteiger partial charge in [-0.25, -0.2) is 17.5 Å². The minimum atomic E-state index is -4.00. The summed E-state index contributed by atoms with van der Waals surface area (Å²) in [6, 6.07) is 18.0. The van der Waals surface area contributed by atoms with Crippen LogP contribution in [0.5, 0.6) is 0 Å². The number of halogens is 2. The molecule has 10 heteroatoms. The third-order valence-electron chi connectivity index (χ3n) is 4.39. The molecule has 3 N–H and O–H groups in total. The molecule has 0 aliphatic carbocycles. The van der Waals surface area contributed by atoms with Gasteiger partial charge in [-0.1, -0.05) is 54.1 Å². The van der Waals surface area contributed by atoms with E-state index in [0.717, 1.165) is 11.6 Å². The Morgan fingerprint density at radius 1 is 0.875 bits per heavy atom. The van der Waals surface area contributed by atoms with Crippen molar-refractivity contribution in [2.45, 2.75) is 17.9 Å². The fourth-order valence-corrected chi connectivity index (χ4v) is 4.27. The summed E-state index contributed by atoms with van der Waals surface area (Å²) in [4.78, 5) is 24.1. The second kappa shape index (κ2) is 10.4. The normalized spacial score (nSPS) is 11.1. The van der Waals surface area contributed by atoms with E-state index >= 15 is 0 Å². The molecule has 0 heterocycles. The highest BCUT2D eigenvalue weighted by Gasteiger charge is 2.20. The molecule has 32 heavy (non-hydrogen) atoms. The van der Waals surface area contributed by atoms with Crippen LogP contribution in [0, 0.1) is 5.82 Å². The van der Waals surface area contributed by atoms with Gasteiger partial charge >= 0.3 is 0 Å². The van der Waals surface area contributed by atoms with Crippen LogP contribution in [-0.4, -0.2) is 20.2 Å². The van der Waals surface area contributed by atoms with Gasteiger partial charge in [-0.3, -0.25) is 20.4 Å². The Labute approximate surface area is 189 Å². The molecular weight excluding hydrogens is 457 g/mol. The number of carbonyl (C=O) groups is 2. The first-order chi connectivity index (χ1) is 15.2. The summed E-state index contributed by atoms with van der Waals surface area (Å²) in [5, 5.41) is -0.0533. The van der Waals surface area contributed by atoms with Crippen molar-refractivity contribution in [3.63, 3.8) is 0 Å². The predicted molar refractivity (Wildman–Crippen MR) is 118 cm³/mol. The molecule has 0 saturated heterocycles. The second-order valence-electron chi connectivity index (χ2n) is 6.76. The smallest absolute Gasteiger partial charge is 0.269 e. The highest BCUT2D eigenvalue weighted by molar-refractivity contribution is 7.89. The van der Waals surface area contributed by atoms with E-state index in [1.807, 2.05) is 6.07 Å². The first kappa shape index (κ1) is 23.4. The van der Waals surface area contributed by atoms with E-state index < -0.39 is 27.7 Å². The highest BCUT2D eigenvalue weighted by atomic mass is 35.5. The molecule has 166 valence electrons. The number of hydrazine groups is 1. The molecule has 0 fully saturated rings. The van der Waals surface area contributed by atoms with Gasteiger partial charge in [-0.2, -0.15) is 0 Å². The topological polar surface area (TPSA) is 104 Å². The summed E-state index contributed by atoms with van der Waals surface area (Å²) in [7, 11) is -4.00. The van der Waals surface area contributed by atoms with Gasteiger partial charge in [0, 0.05) is 12.1 Å². The lowest BCUT2D eigenvalue weighted by Crippen LogP contribution is -2.42. The second-order valence-corrected chi connectivity index (χ2v) is 8.90. The van der Waals surface area contributed by atoms with Crippen molar-refractivity contribution in [3.05, 3.63) is 100 Å². The van der Waals surface area contributed by atoms with Gasteiger partial charge in [0.25, 0.3) is 5.91 Å². The third kappa shape index (κ3) is 6.36. The van der Waals surface area contributed by atoms with Crippen LogP contribution in [0.25, 0.3) is 0 Å². The largest absolute Gasteiger partial charge is 0.273 e. The van der Waals surface area contributed by atoms with E-state index in [4.69, 9.17) is 11.6 Å². The van der Waals surface area contributed by atoms with E-state index in [1.165, 1.54) is 36.4 Å². The van der Waals surface area contributed by atoms with Crippen LogP contribution in [0.3, 0.4) is 0 Å². The fraction of sp³-hybridized carbons (Fsp3) is 0.0909. The van der Waals surface area contributed by atoms with Crippen LogP contribution >= 0.6 is 11.6 Å². The molecule has 0 aliphatic rings. The average molecular weight is 476 g/mol. The van der Waals surface area contributed by atoms with Crippen molar-refractivity contribution < 1.29 is 22.4 Å². The zero-order chi connectivity index (χ0) is 23.1. The molecule has 0 saturated carbocycles. The van der Waals surface area contributed by atoms with Crippen LogP contribution in [-0.2, 0) is 27.8 Å². The highest BCUT2D eigenvalue weighted by Crippen LogP contribution is 2.23. The van der Waals surface area contributed by atoms with E-state index in [2.05, 4.69) is 15.6 Å². The fourth-order valence-electron chi connectivity index (χ4n) is 2.73. The zero-order valence-corrected chi connectivity index (χ0v) is 18.2. The Morgan fingerprint density at radius 3 is 2.25 bits per heavy atom. The maximum Gasteiger partial charge on any atom is 0.269 e. The van der Waals surface area contributed by atoms with Gasteiger partial charge in [-0.05, 0) is 41.5 Å². The Morgan fingerprint density at radius 2 is 1.56 bits per heavy atom. The van der Waals surface area contributed by atoms with Gasteiger partial charge in [0.2, 0.25) is 15.9 Å². The van der Waals surface area contributed by atoms with E-state index in [9.17, 15) is 22.4 Å². The lowest BCUT2D eigenvalue weighted by Gasteiger charge is -2.11. The number of amides is 2. The van der Waals surface area contributed by atoms with Gasteiger partial charge in [0.05, 0.1) is 11.4 Å². The Bertz CT molecular complexity index is 1220. The lowest BCUT2D eigenvalue weighted by molar-refractivity contribution is -0.121. The molecule has 3 aromatic carbocycles. The van der Waals surface area contributed by atoms with Crippen LogP contribution in [0.2, 0.25) is 5.02 Å². The maximum atomic E-state index is 12.9. The van der Waals surface area contributed by atoms with E-state index in [-0.39, 0.29) is 28.4 Å². The standard InChI is InChI=1S/C22H19ClFN3O4S/c23-19-11-8-17(13-20(19)32(30,31)25-14-16-4-2-1-3-5-16)22(29)27-26-21(28)12-15-6-9-18(24)10-7-15/h1-11,13,25H,12,14H2,(H,26,28)(H,27,29). The number of nitrogens with one attached hydrogen (secondary N) is 3. The summed E-state index contributed by atoms with van der Waals surface area (Å²) in [6.07, 6.45) is -0.0792. The minimum absolute atomic E-state index is 0.0171. The number of hydrogen-bond acceptors (Lipinski definition) is 4. The summed E-state index contributed by atoms with van der Waals surface area (Å²) < 4.78 is 40.7. The summed E-state index contributed by atoms with van der Waals surface area (Å²) in [5.41, 5.74) is 5.74. The quantitative estimate of drug-likeness (QED) is 0.457. The summed E-state index contributed by atoms with van der Waals surface area (Å²) in [5.74, 6) is -1.68. The third-order valence-corrected chi connectivity index (χ3v) is 6.27. The summed E-state index contributed by atoms with van der Waals surface area (Å²) in [6.45, 7) is 0.0510. The Hall–Kier alpha value is -3.27. The van der Waals surface area contributed by atoms with E-state index in [1.54, 1.807) is 24.3 Å². The minimum Gasteiger partial charge on any atom is -0.273 e. The van der Waals surface area contributed by atoms with Crippen molar-refractivity contribution in [1.82, 2.24) is 15.6 Å². The van der Waals surface area contributed by atoms with Crippen molar-refractivity contribution in [2.75, 3.05) is 0 Å². The first-order valence-electron chi connectivity index (χ1n) is 9.41. The number of carbonyl (C=O) groups excluding carboxylic acids is 2. The predicted octanol–water partition coefficient (Wildman–Crippen LogP) is 2.96. The van der Waals surface area contributed by atoms with E-state index in [0.29, 0.717) is 5.56 Å². The van der Waals surface area contributed by atoms with Crippen LogP contribution in [0.1, 0.15) is 21.5 Å². The Balaban J connectivity index is 1.64. The van der Waals surface area contributed by atoms with Gasteiger partial charge in [0.1, 0.15) is 10.7 Å². The molecular formula is C22H19ClFN3O4S. The molecule has 0 bridgehead atoms. The van der Waals surface area contributed by atoms with Crippen molar-refractivity contribution in [1.29, 1.82) is 0 Å². The Kier molecular flexibility index (Phi) is 7.57. The molecule has 0 aliphatic heterocycles. The molecule has 3 rings (SSSR count). The monoisotopic (exact) mass is 475 g/mol. The first-order valence-corrected chi connectivity index (χ1v) is 11.3. The van der Waals surface area contributed by atoms with Gasteiger partial charge in [-0.15, -0.1) is 0 Å². The van der Waals surface area contributed by atoms with Gasteiger partial charge < -0.3 is 0 Å². The zero-order valence-electron chi connectivity index (χ0n) is 16.6. The molecule has 0 atom stereocenters. The molecule has 2 amide bonds. The number of hydrogen-bond donors (Lipinski definition) is 3. The molecule has 0 aromatic heterocycles. The lowest BCUT2D eigenvalue weighted by atomic mass is 10.1. The maximum absolute atomic E-state index is 12.9. The molecule has 7 nitrogen and oxygen atoms in total. The van der Waals surface area contributed by atoms with Gasteiger partial charge in [0.15, 0.2) is 0 Å². The van der Waals surface area contributed by atoms with Crippen LogP contribution < -0.4 is 15.6 Å². The molecule has 3 aromatic rings. The van der Waals surface area contributed by atoms with Crippen molar-refractivity contribution in [2.24, 2.45) is 0 Å².